The van der Waals surface area contributed by atoms with E-state index in [2.05, 4.69) is 27.4 Å². The number of ether oxygens (including phenoxy) is 12. The zero-order valence-electron chi connectivity index (χ0n) is 55.5. The molecule has 0 aromatic heterocycles. The van der Waals surface area contributed by atoms with E-state index in [0.29, 0.717) is 44.9 Å². The number of hydrogen-bond acceptors (Lipinski definition) is 32. The molecule has 0 amide bonds. The third kappa shape index (κ3) is 12.9. The van der Waals surface area contributed by atoms with Crippen LogP contribution in [0.3, 0.4) is 0 Å². The molecule has 0 spiro atoms. The molecule has 32 nitrogen and oxygen atoms in total. The highest BCUT2D eigenvalue weighted by molar-refractivity contribution is 5.78. The monoisotopic (exact) mass is 1400 g/mol. The molecule has 6 saturated heterocycles. The Morgan fingerprint density at radius 1 is 0.474 bits per heavy atom. The molecule has 5 saturated carbocycles. The number of aliphatic hydroxyl groups is 19. The molecule has 11 fully saturated rings. The first-order valence-corrected chi connectivity index (χ1v) is 34.4. The summed E-state index contributed by atoms with van der Waals surface area (Å²) in [5, 5.41) is 206. The number of fused-ring (bicyclic) bond motifs is 7. The lowest BCUT2D eigenvalue weighted by atomic mass is 9.32. The van der Waals surface area contributed by atoms with Crippen LogP contribution >= 0.6 is 0 Å². The van der Waals surface area contributed by atoms with Gasteiger partial charge in [-0.2, -0.15) is 0 Å². The Balaban J connectivity index is 0.762. The number of aliphatic hydroxyl groups excluding tert-OH is 19. The number of hydrogen-bond donors (Lipinski definition) is 19. The topological polar surface area (TPSA) is 512 Å². The molecule has 40 atom stereocenters. The molecule has 6 aliphatic heterocycles. The Morgan fingerprint density at radius 2 is 1.02 bits per heavy atom. The normalized spacial score (nSPS) is 55.6. The van der Waals surface area contributed by atoms with Gasteiger partial charge in [0, 0.05) is 5.41 Å². The summed E-state index contributed by atoms with van der Waals surface area (Å²) in [5.41, 5.74) is -2.13. The Morgan fingerprint density at radius 3 is 1.64 bits per heavy atom. The Hall–Kier alpha value is -1.99. The van der Waals surface area contributed by atoms with E-state index < -0.39 is 234 Å². The summed E-state index contributed by atoms with van der Waals surface area (Å²) < 4.78 is 71.3. The third-order valence-corrected chi connectivity index (χ3v) is 25.8. The van der Waals surface area contributed by atoms with E-state index in [1.807, 2.05) is 13.8 Å². The lowest BCUT2D eigenvalue weighted by Crippen LogP contribution is -2.68. The van der Waals surface area contributed by atoms with Crippen molar-refractivity contribution < 1.29 is 159 Å². The highest BCUT2D eigenvalue weighted by Crippen LogP contribution is 2.78. The van der Waals surface area contributed by atoms with Gasteiger partial charge < -0.3 is 154 Å². The van der Waals surface area contributed by atoms with Crippen molar-refractivity contribution in [3.05, 3.63) is 12.2 Å². The highest BCUT2D eigenvalue weighted by Gasteiger charge is 2.73. The zero-order chi connectivity index (χ0) is 70.7. The maximum atomic E-state index is 15.2. The zero-order valence-corrected chi connectivity index (χ0v) is 55.5. The van der Waals surface area contributed by atoms with Crippen molar-refractivity contribution in [2.24, 2.45) is 56.7 Å². The van der Waals surface area contributed by atoms with Gasteiger partial charge in [0.15, 0.2) is 31.5 Å². The molecule has 6 heterocycles. The number of esters is 1. The number of rotatable bonds is 18. The molecule has 5 aliphatic carbocycles. The van der Waals surface area contributed by atoms with Crippen molar-refractivity contribution in [2.45, 2.75) is 290 Å². The van der Waals surface area contributed by atoms with Gasteiger partial charge in [0.05, 0.1) is 57.3 Å². The molecule has 0 aromatic rings. The molecule has 0 unspecified atom stereocenters. The molecule has 0 radical (unpaired) electrons. The fourth-order valence-electron chi connectivity index (χ4n) is 19.9. The standard InChI is InChI=1S/C65H106O32/c1-24(2)26-10-15-65(60(85)97-57-48(82)44(78)41(75)32(92-57)22-87-54-46(80)42(76)39(73)29(18-66)89-54)17-16-63(6)27(36(26)65)8-9-34-61(4)13-12-35(62(5,23-69)33(61)11-14-64(34,63)7)93-59-53(38(72)28(70)21-86-59)96-58-50(84)52(37(71)25(3)88-58)95-56-49(83)45(79)51(31(20-68)91-56)94-55-47(81)43(77)40(74)30(19-67)90-55/h25-59,66-84H,1,8-23H2,2-7H3/t25-,26-,27+,28+,29+,30+,31+,32+,33+,34+,35-,36+,37-,38-,39+,40+,41+,42-,43-,44-,45+,46+,47+,48+,49+,50+,51+,52+,53+,54+,55-,56-,57-,58-,59-,61-,62-,63+,64+,65-/m0/s1. The van der Waals surface area contributed by atoms with Gasteiger partial charge in [-0.1, -0.05) is 39.8 Å². The second-order valence-electron chi connectivity index (χ2n) is 30.8. The minimum Gasteiger partial charge on any atom is -0.432 e. The quantitative estimate of drug-likeness (QED) is 0.0345. The SMILES string of the molecule is C=C(C)[C@@H]1CC[C@]2(C(=O)O[C@@H]3O[C@H](CO[C@@H]4O[C@H](CO)[C@@H](O)[C@H](O)[C@H]4O)[C@@H](O)[C@H](O)[C@H]3O)CC[C@]3(C)[C@H](CC[C@@H]4[C@@]5(C)CC[C@H](O[C@@H]6OC[C@@H](O)[C@H](O)[C@H]6O[C@@H]6O[C@@H](C)[C@H](O)[C@@H](O[C@@H]7O[C@H](CO)[C@@H](O[C@@H]8O[C@H](CO)[C@@H](O)[C@H](O)[C@H]8O)[C@H](O)[C@H]7O)[C@H]6O)[C@@](C)(CO)[C@@H]5CC[C@]43C)[C@@H]12. The fraction of sp³-hybridized carbons (Fsp3) is 0.954. The Bertz CT molecular complexity index is 2680. The van der Waals surface area contributed by atoms with E-state index in [0.717, 1.165) is 24.8 Å². The van der Waals surface area contributed by atoms with Crippen LogP contribution in [0, 0.1) is 56.7 Å². The largest absolute Gasteiger partial charge is 0.432 e. The molecule has 11 aliphatic rings. The number of carbonyl (C=O) groups is 1. The first-order chi connectivity index (χ1) is 45.7. The van der Waals surface area contributed by atoms with E-state index in [9.17, 15) is 97.0 Å². The van der Waals surface area contributed by atoms with Crippen LogP contribution in [-0.4, -0.2) is 327 Å². The van der Waals surface area contributed by atoms with E-state index in [-0.39, 0.29) is 52.4 Å². The van der Waals surface area contributed by atoms with Crippen LogP contribution in [0.5, 0.6) is 0 Å². The summed E-state index contributed by atoms with van der Waals surface area (Å²) in [6, 6.07) is 0. The maximum Gasteiger partial charge on any atom is 0.314 e. The summed E-state index contributed by atoms with van der Waals surface area (Å²) in [6.07, 6.45) is -44.2. The van der Waals surface area contributed by atoms with Crippen molar-refractivity contribution in [1.29, 1.82) is 0 Å². The Kier molecular flexibility index (Phi) is 22.9. The lowest BCUT2D eigenvalue weighted by Gasteiger charge is -2.73. The molecule has 97 heavy (non-hydrogen) atoms. The average Bonchev–Trinajstić information content (AvgIpc) is 1.61. The molecule has 32 heteroatoms. The number of allylic oxidation sites excluding steroid dienone is 1. The minimum atomic E-state index is -2.06. The van der Waals surface area contributed by atoms with Crippen LogP contribution in [-0.2, 0) is 61.6 Å². The van der Waals surface area contributed by atoms with Crippen LogP contribution < -0.4 is 0 Å². The molecular weight excluding hydrogens is 1290 g/mol. The number of carbonyl (C=O) groups excluding carboxylic acids is 1. The van der Waals surface area contributed by atoms with Gasteiger partial charge in [0.2, 0.25) is 6.29 Å². The molecule has 19 N–H and O–H groups in total. The smallest absolute Gasteiger partial charge is 0.314 e. The highest BCUT2D eigenvalue weighted by atomic mass is 16.8. The predicted molar refractivity (Wildman–Crippen MR) is 322 cm³/mol. The van der Waals surface area contributed by atoms with Gasteiger partial charge in [-0.15, -0.1) is 0 Å². The minimum absolute atomic E-state index is 0.0167. The summed E-state index contributed by atoms with van der Waals surface area (Å²) in [6.45, 7) is 13.0. The van der Waals surface area contributed by atoms with Crippen LogP contribution in [0.15, 0.2) is 12.2 Å². The van der Waals surface area contributed by atoms with E-state index in [1.165, 1.54) is 6.92 Å². The van der Waals surface area contributed by atoms with Crippen molar-refractivity contribution in [3.63, 3.8) is 0 Å². The van der Waals surface area contributed by atoms with E-state index in [4.69, 9.17) is 56.8 Å². The summed E-state index contributed by atoms with van der Waals surface area (Å²) in [5.74, 6) is -1.01. The van der Waals surface area contributed by atoms with Gasteiger partial charge in [0.1, 0.15) is 134 Å². The molecule has 0 bridgehead atoms. The van der Waals surface area contributed by atoms with Gasteiger partial charge in [0.25, 0.3) is 0 Å². The van der Waals surface area contributed by atoms with Gasteiger partial charge in [-0.3, -0.25) is 4.79 Å². The molecule has 558 valence electrons. The predicted octanol–water partition coefficient (Wildman–Crippen LogP) is -5.89. The van der Waals surface area contributed by atoms with Gasteiger partial charge in [-0.05, 0) is 124 Å². The molecule has 11 rings (SSSR count). The van der Waals surface area contributed by atoms with Crippen molar-refractivity contribution in [2.75, 3.05) is 39.6 Å². The average molecular weight is 1400 g/mol. The lowest BCUT2D eigenvalue weighted by molar-refractivity contribution is -0.390. The fourth-order valence-corrected chi connectivity index (χ4v) is 19.9. The van der Waals surface area contributed by atoms with Crippen molar-refractivity contribution in [3.8, 4) is 0 Å². The molecule has 0 aromatic carbocycles. The van der Waals surface area contributed by atoms with Crippen molar-refractivity contribution in [1.82, 2.24) is 0 Å². The van der Waals surface area contributed by atoms with Gasteiger partial charge in [-0.25, -0.2) is 0 Å². The second kappa shape index (κ2) is 29.2. The Labute approximate surface area is 561 Å². The van der Waals surface area contributed by atoms with E-state index >= 15 is 4.79 Å². The van der Waals surface area contributed by atoms with Crippen LogP contribution in [0.4, 0.5) is 0 Å². The van der Waals surface area contributed by atoms with Crippen LogP contribution in [0.25, 0.3) is 0 Å². The second-order valence-corrected chi connectivity index (χ2v) is 30.8. The first-order valence-electron chi connectivity index (χ1n) is 34.4. The summed E-state index contributed by atoms with van der Waals surface area (Å²) >= 11 is 0. The third-order valence-electron chi connectivity index (χ3n) is 25.8. The first kappa shape index (κ1) is 76.1. The molecular formula is C65H106O32. The maximum absolute atomic E-state index is 15.2. The van der Waals surface area contributed by atoms with Crippen LogP contribution in [0.2, 0.25) is 0 Å². The van der Waals surface area contributed by atoms with Gasteiger partial charge >= 0.3 is 5.97 Å². The van der Waals surface area contributed by atoms with Crippen LogP contribution in [0.1, 0.15) is 106 Å². The summed E-state index contributed by atoms with van der Waals surface area (Å²) in [4.78, 5) is 15.2. The summed E-state index contributed by atoms with van der Waals surface area (Å²) in [7, 11) is 0. The van der Waals surface area contributed by atoms with Crippen molar-refractivity contribution >= 4 is 5.97 Å². The van der Waals surface area contributed by atoms with E-state index in [1.54, 1.807) is 0 Å².